The molecular formula is C11H18N2O2S. The largest absolute Gasteiger partial charge is 0.265 e. The van der Waals surface area contributed by atoms with Crippen molar-refractivity contribution in [1.29, 1.82) is 0 Å². The van der Waals surface area contributed by atoms with E-state index in [0.29, 0.717) is 19.4 Å². The first-order valence-electron chi connectivity index (χ1n) is 5.43. The Bertz CT molecular complexity index is 403. The van der Waals surface area contributed by atoms with Gasteiger partial charge in [-0.2, -0.15) is 0 Å². The van der Waals surface area contributed by atoms with Gasteiger partial charge < -0.3 is 0 Å². The predicted molar refractivity (Wildman–Crippen MR) is 64.6 cm³/mol. The molecular weight excluding hydrogens is 224 g/mol. The zero-order valence-corrected chi connectivity index (χ0v) is 10.5. The van der Waals surface area contributed by atoms with Crippen molar-refractivity contribution in [3.8, 4) is 0 Å². The first kappa shape index (κ1) is 13.1. The van der Waals surface area contributed by atoms with Crippen LogP contribution in [0.5, 0.6) is 0 Å². The molecule has 0 radical (unpaired) electrons. The average molecular weight is 242 g/mol. The molecule has 1 atom stereocenters. The summed E-state index contributed by atoms with van der Waals surface area (Å²) in [6.07, 6.45) is 4.74. The fourth-order valence-electron chi connectivity index (χ4n) is 1.25. The van der Waals surface area contributed by atoms with Crippen molar-refractivity contribution in [3.05, 3.63) is 30.1 Å². The highest BCUT2D eigenvalue weighted by atomic mass is 32.2. The summed E-state index contributed by atoms with van der Waals surface area (Å²) in [6.45, 7) is 4.03. The molecule has 0 aliphatic carbocycles. The van der Waals surface area contributed by atoms with Gasteiger partial charge in [0, 0.05) is 18.9 Å². The minimum absolute atomic E-state index is 0.329. The number of nitrogens with one attached hydrogen (secondary N) is 1. The Morgan fingerprint density at radius 1 is 1.38 bits per heavy atom. The minimum Gasteiger partial charge on any atom is -0.265 e. The lowest BCUT2D eigenvalue weighted by atomic mass is 10.2. The number of sulfonamides is 1. The molecule has 4 nitrogen and oxygen atoms in total. The Kier molecular flexibility index (Phi) is 4.89. The zero-order chi connectivity index (χ0) is 12.0. The van der Waals surface area contributed by atoms with Gasteiger partial charge in [0.05, 0.1) is 5.25 Å². The second-order valence-corrected chi connectivity index (χ2v) is 5.95. The van der Waals surface area contributed by atoms with Crippen LogP contribution in [0.4, 0.5) is 0 Å². The molecule has 1 aromatic rings. The van der Waals surface area contributed by atoms with E-state index in [4.69, 9.17) is 0 Å². The third-order valence-electron chi connectivity index (χ3n) is 2.57. The topological polar surface area (TPSA) is 59.1 Å². The summed E-state index contributed by atoms with van der Waals surface area (Å²) in [7, 11) is -3.15. The quantitative estimate of drug-likeness (QED) is 0.819. The van der Waals surface area contributed by atoms with E-state index in [0.717, 1.165) is 5.56 Å². The molecule has 5 heteroatoms. The van der Waals surface area contributed by atoms with Crippen LogP contribution in [0.3, 0.4) is 0 Å². The second kappa shape index (κ2) is 5.96. The van der Waals surface area contributed by atoms with Gasteiger partial charge in [-0.25, -0.2) is 13.1 Å². The molecule has 0 fully saturated rings. The Hall–Kier alpha value is -0.940. The number of hydrogen-bond acceptors (Lipinski definition) is 3. The standard InChI is InChI=1S/C11H18N2O2S/c1-3-10(2)16(14,15)13-9-6-11-4-7-12-8-5-11/h4-5,7-8,10,13H,3,6,9H2,1-2H3. The SMILES string of the molecule is CCC(C)S(=O)(=O)NCCc1ccncc1. The van der Waals surface area contributed by atoms with Crippen LogP contribution in [0.25, 0.3) is 0 Å². The monoisotopic (exact) mass is 242 g/mol. The van der Waals surface area contributed by atoms with Crippen molar-refractivity contribution in [1.82, 2.24) is 9.71 Å². The fourth-order valence-corrected chi connectivity index (χ4v) is 2.36. The molecule has 0 saturated heterocycles. The fraction of sp³-hybridized carbons (Fsp3) is 0.545. The van der Waals surface area contributed by atoms with Gasteiger partial charge in [-0.1, -0.05) is 6.92 Å². The molecule has 1 aromatic heterocycles. The van der Waals surface area contributed by atoms with Crippen molar-refractivity contribution in [3.63, 3.8) is 0 Å². The van der Waals surface area contributed by atoms with Crippen molar-refractivity contribution in [2.45, 2.75) is 31.9 Å². The molecule has 1 rings (SSSR count). The van der Waals surface area contributed by atoms with Gasteiger partial charge in [0.15, 0.2) is 0 Å². The molecule has 0 aliphatic rings. The van der Waals surface area contributed by atoms with E-state index < -0.39 is 10.0 Å². The maximum atomic E-state index is 11.6. The molecule has 0 aromatic carbocycles. The molecule has 0 bridgehead atoms. The van der Waals surface area contributed by atoms with E-state index in [2.05, 4.69) is 9.71 Å². The number of rotatable bonds is 6. The van der Waals surface area contributed by atoms with Crippen LogP contribution >= 0.6 is 0 Å². The van der Waals surface area contributed by atoms with Crippen LogP contribution in [0, 0.1) is 0 Å². The summed E-state index contributed by atoms with van der Waals surface area (Å²) in [5.74, 6) is 0. The van der Waals surface area contributed by atoms with Gasteiger partial charge in [0.1, 0.15) is 0 Å². The molecule has 16 heavy (non-hydrogen) atoms. The summed E-state index contributed by atoms with van der Waals surface area (Å²) in [5.41, 5.74) is 1.09. The molecule has 0 spiro atoms. The molecule has 0 aliphatic heterocycles. The summed E-state index contributed by atoms with van der Waals surface area (Å²) in [4.78, 5) is 3.91. The third-order valence-corrected chi connectivity index (χ3v) is 4.57. The smallest absolute Gasteiger partial charge is 0.214 e. The van der Waals surface area contributed by atoms with Gasteiger partial charge >= 0.3 is 0 Å². The van der Waals surface area contributed by atoms with E-state index >= 15 is 0 Å². The van der Waals surface area contributed by atoms with E-state index in [1.807, 2.05) is 19.1 Å². The highest BCUT2D eigenvalue weighted by Crippen LogP contribution is 2.03. The van der Waals surface area contributed by atoms with Crippen molar-refractivity contribution in [2.75, 3.05) is 6.54 Å². The summed E-state index contributed by atoms with van der Waals surface area (Å²) >= 11 is 0. The van der Waals surface area contributed by atoms with E-state index in [9.17, 15) is 8.42 Å². The minimum atomic E-state index is -3.15. The molecule has 90 valence electrons. The molecule has 1 N–H and O–H groups in total. The van der Waals surface area contributed by atoms with Crippen LogP contribution in [-0.4, -0.2) is 25.2 Å². The van der Waals surface area contributed by atoms with E-state index in [1.165, 1.54) is 0 Å². The molecule has 1 unspecified atom stereocenters. The van der Waals surface area contributed by atoms with Crippen LogP contribution in [-0.2, 0) is 16.4 Å². The lowest BCUT2D eigenvalue weighted by Crippen LogP contribution is -2.33. The third kappa shape index (κ3) is 3.90. The predicted octanol–water partition coefficient (Wildman–Crippen LogP) is 1.34. The van der Waals surface area contributed by atoms with Crippen molar-refractivity contribution in [2.24, 2.45) is 0 Å². The first-order chi connectivity index (χ1) is 7.56. The highest BCUT2D eigenvalue weighted by molar-refractivity contribution is 7.90. The van der Waals surface area contributed by atoms with Crippen molar-refractivity contribution < 1.29 is 8.42 Å². The van der Waals surface area contributed by atoms with Crippen LogP contribution < -0.4 is 4.72 Å². The van der Waals surface area contributed by atoms with Crippen LogP contribution in [0.15, 0.2) is 24.5 Å². The summed E-state index contributed by atoms with van der Waals surface area (Å²) in [6, 6.07) is 3.77. The van der Waals surface area contributed by atoms with E-state index in [1.54, 1.807) is 19.3 Å². The molecule has 0 saturated carbocycles. The Morgan fingerprint density at radius 3 is 2.56 bits per heavy atom. The number of hydrogen-bond donors (Lipinski definition) is 1. The summed E-state index contributed by atoms with van der Waals surface area (Å²) in [5, 5.41) is -0.329. The van der Waals surface area contributed by atoms with Gasteiger partial charge in [-0.15, -0.1) is 0 Å². The average Bonchev–Trinajstić information content (AvgIpc) is 2.29. The van der Waals surface area contributed by atoms with Gasteiger partial charge in [0.2, 0.25) is 10.0 Å². The Morgan fingerprint density at radius 2 is 2.00 bits per heavy atom. The second-order valence-electron chi connectivity index (χ2n) is 3.76. The van der Waals surface area contributed by atoms with Gasteiger partial charge in [0.25, 0.3) is 0 Å². The maximum absolute atomic E-state index is 11.6. The number of pyridine rings is 1. The Labute approximate surface area is 97.2 Å². The summed E-state index contributed by atoms with van der Waals surface area (Å²) < 4.78 is 25.9. The van der Waals surface area contributed by atoms with Gasteiger partial charge in [-0.05, 0) is 37.5 Å². The van der Waals surface area contributed by atoms with Crippen LogP contribution in [0.1, 0.15) is 25.8 Å². The highest BCUT2D eigenvalue weighted by Gasteiger charge is 2.17. The number of nitrogens with zero attached hydrogens (tertiary/aromatic N) is 1. The first-order valence-corrected chi connectivity index (χ1v) is 6.98. The Balaban J connectivity index is 2.42. The maximum Gasteiger partial charge on any atom is 0.214 e. The number of aromatic nitrogens is 1. The van der Waals surface area contributed by atoms with Gasteiger partial charge in [-0.3, -0.25) is 4.98 Å². The molecule has 1 heterocycles. The normalized spacial score (nSPS) is 13.6. The van der Waals surface area contributed by atoms with Crippen LogP contribution in [0.2, 0.25) is 0 Å². The lowest BCUT2D eigenvalue weighted by Gasteiger charge is -2.11. The van der Waals surface area contributed by atoms with Crippen molar-refractivity contribution >= 4 is 10.0 Å². The molecule has 0 amide bonds. The van der Waals surface area contributed by atoms with E-state index in [-0.39, 0.29) is 5.25 Å². The zero-order valence-electron chi connectivity index (χ0n) is 9.68. The lowest BCUT2D eigenvalue weighted by molar-refractivity contribution is 0.566.